The van der Waals surface area contributed by atoms with Crippen molar-refractivity contribution in [3.8, 4) is 0 Å². The summed E-state index contributed by atoms with van der Waals surface area (Å²) in [6.07, 6.45) is 10.3. The number of carbonyl (C=O) groups excluding carboxylic acids is 1. The van der Waals surface area contributed by atoms with Crippen LogP contribution in [0.15, 0.2) is 0 Å². The van der Waals surface area contributed by atoms with Crippen molar-refractivity contribution < 1.29 is 4.79 Å². The smallest absolute Gasteiger partial charge is 0.222 e. The fraction of sp³-hybridized carbons (Fsp3) is 0.950. The second-order valence-corrected chi connectivity index (χ2v) is 9.61. The number of fused-ring (bicyclic) bond motifs is 5. The van der Waals surface area contributed by atoms with E-state index in [1.165, 1.54) is 38.5 Å². The maximum atomic E-state index is 12.2. The third kappa shape index (κ3) is 1.82. The van der Waals surface area contributed by atoms with Gasteiger partial charge in [0.25, 0.3) is 0 Å². The highest BCUT2D eigenvalue weighted by Gasteiger charge is 2.60. The van der Waals surface area contributed by atoms with Gasteiger partial charge in [0.15, 0.2) is 0 Å². The SMILES string of the molecule is C[C@@H]1CC[C@@]2(C)CC[C@H]3[C@@H](CC[C@H]4N(C)C(=O)CC[C@]34C)[C@H]12. The molecule has 0 spiro atoms. The molecule has 7 atom stereocenters. The van der Waals surface area contributed by atoms with Crippen molar-refractivity contribution in [3.63, 3.8) is 0 Å². The van der Waals surface area contributed by atoms with Crippen LogP contribution in [-0.2, 0) is 4.79 Å². The molecule has 1 amide bonds. The lowest BCUT2D eigenvalue weighted by molar-refractivity contribution is -0.158. The molecule has 22 heavy (non-hydrogen) atoms. The van der Waals surface area contributed by atoms with Gasteiger partial charge in [-0.15, -0.1) is 0 Å². The Balaban J connectivity index is 1.67. The van der Waals surface area contributed by atoms with Crippen LogP contribution in [0.1, 0.15) is 72.1 Å². The maximum absolute atomic E-state index is 12.2. The first-order valence-electron chi connectivity index (χ1n) is 9.62. The molecule has 0 aromatic heterocycles. The molecule has 3 saturated carbocycles. The molecule has 4 aliphatic rings. The Hall–Kier alpha value is -0.530. The monoisotopic (exact) mass is 303 g/mol. The van der Waals surface area contributed by atoms with Crippen molar-refractivity contribution in [2.24, 2.45) is 34.5 Å². The van der Waals surface area contributed by atoms with E-state index in [1.54, 1.807) is 0 Å². The van der Waals surface area contributed by atoms with Crippen molar-refractivity contribution in [2.45, 2.75) is 78.2 Å². The molecule has 1 heterocycles. The number of hydrogen-bond acceptors (Lipinski definition) is 1. The highest BCUT2D eigenvalue weighted by molar-refractivity contribution is 5.77. The van der Waals surface area contributed by atoms with Crippen LogP contribution in [0.4, 0.5) is 0 Å². The summed E-state index contributed by atoms with van der Waals surface area (Å²) in [7, 11) is 2.07. The van der Waals surface area contributed by atoms with Crippen LogP contribution in [0, 0.1) is 34.5 Å². The van der Waals surface area contributed by atoms with Crippen LogP contribution in [0.5, 0.6) is 0 Å². The third-order valence-electron chi connectivity index (χ3n) is 8.71. The Morgan fingerprint density at radius 1 is 1.05 bits per heavy atom. The van der Waals surface area contributed by atoms with E-state index in [9.17, 15) is 4.79 Å². The highest BCUT2D eigenvalue weighted by Crippen LogP contribution is 2.65. The number of rotatable bonds is 0. The van der Waals surface area contributed by atoms with Gasteiger partial charge in [-0.05, 0) is 79.4 Å². The molecule has 3 aliphatic carbocycles. The molecular formula is C20H33NO. The van der Waals surface area contributed by atoms with Crippen LogP contribution in [-0.4, -0.2) is 23.9 Å². The first-order chi connectivity index (χ1) is 10.4. The van der Waals surface area contributed by atoms with Gasteiger partial charge in [-0.1, -0.05) is 20.8 Å². The van der Waals surface area contributed by atoms with Crippen molar-refractivity contribution in [1.29, 1.82) is 0 Å². The van der Waals surface area contributed by atoms with E-state index in [4.69, 9.17) is 0 Å². The van der Waals surface area contributed by atoms with Gasteiger partial charge in [0.2, 0.25) is 5.91 Å². The molecule has 0 radical (unpaired) electrons. The predicted octanol–water partition coefficient (Wildman–Crippen LogP) is 4.49. The van der Waals surface area contributed by atoms with E-state index in [1.807, 2.05) is 0 Å². The van der Waals surface area contributed by atoms with E-state index >= 15 is 0 Å². The molecule has 1 aliphatic heterocycles. The van der Waals surface area contributed by atoms with Crippen LogP contribution in [0.2, 0.25) is 0 Å². The van der Waals surface area contributed by atoms with Gasteiger partial charge in [0.05, 0.1) is 0 Å². The Bertz CT molecular complexity index is 488. The minimum atomic E-state index is 0.384. The summed E-state index contributed by atoms with van der Waals surface area (Å²) >= 11 is 0. The second-order valence-electron chi connectivity index (χ2n) is 9.61. The summed E-state index contributed by atoms with van der Waals surface area (Å²) in [5, 5.41) is 0. The Morgan fingerprint density at radius 2 is 1.77 bits per heavy atom. The highest BCUT2D eigenvalue weighted by atomic mass is 16.2. The van der Waals surface area contributed by atoms with Gasteiger partial charge in [-0.3, -0.25) is 4.79 Å². The lowest BCUT2D eigenvalue weighted by Crippen LogP contribution is -2.61. The summed E-state index contributed by atoms with van der Waals surface area (Å²) < 4.78 is 0. The maximum Gasteiger partial charge on any atom is 0.222 e. The van der Waals surface area contributed by atoms with Crippen LogP contribution in [0.3, 0.4) is 0 Å². The molecule has 0 aromatic carbocycles. The molecule has 2 heteroatoms. The number of piperidine rings is 1. The molecule has 4 fully saturated rings. The summed E-state index contributed by atoms with van der Waals surface area (Å²) in [4.78, 5) is 14.3. The number of hydrogen-bond donors (Lipinski definition) is 0. The molecule has 4 rings (SSSR count). The minimum Gasteiger partial charge on any atom is -0.342 e. The molecular weight excluding hydrogens is 270 g/mol. The zero-order valence-electron chi connectivity index (χ0n) is 14.9. The summed E-state index contributed by atoms with van der Waals surface area (Å²) in [5.41, 5.74) is 1.01. The lowest BCUT2D eigenvalue weighted by atomic mass is 9.47. The number of likely N-dealkylation sites (tertiary alicyclic amines) is 1. The van der Waals surface area contributed by atoms with Crippen molar-refractivity contribution in [2.75, 3.05) is 7.05 Å². The molecule has 0 N–H and O–H groups in total. The fourth-order valence-corrected chi connectivity index (χ4v) is 7.61. The predicted molar refractivity (Wildman–Crippen MR) is 89.3 cm³/mol. The van der Waals surface area contributed by atoms with E-state index < -0.39 is 0 Å². The number of nitrogens with zero attached hydrogens (tertiary/aromatic N) is 1. The van der Waals surface area contributed by atoms with Crippen LogP contribution in [0.25, 0.3) is 0 Å². The third-order valence-corrected chi connectivity index (χ3v) is 8.71. The van der Waals surface area contributed by atoms with E-state index in [0.717, 1.165) is 36.5 Å². The van der Waals surface area contributed by atoms with E-state index in [2.05, 4.69) is 32.7 Å². The van der Waals surface area contributed by atoms with Crippen LogP contribution < -0.4 is 0 Å². The largest absolute Gasteiger partial charge is 0.342 e. The summed E-state index contributed by atoms with van der Waals surface area (Å²) in [6.45, 7) is 7.63. The summed E-state index contributed by atoms with van der Waals surface area (Å²) in [5.74, 6) is 4.04. The second kappa shape index (κ2) is 4.74. The van der Waals surface area contributed by atoms with Gasteiger partial charge in [0, 0.05) is 19.5 Å². The molecule has 0 aromatic rings. The lowest BCUT2D eigenvalue weighted by Gasteiger charge is -2.61. The minimum absolute atomic E-state index is 0.384. The first kappa shape index (κ1) is 15.0. The zero-order chi connectivity index (χ0) is 15.7. The van der Waals surface area contributed by atoms with Crippen molar-refractivity contribution >= 4 is 5.91 Å². The topological polar surface area (TPSA) is 20.3 Å². The fourth-order valence-electron chi connectivity index (χ4n) is 7.61. The molecule has 0 unspecified atom stereocenters. The zero-order valence-corrected chi connectivity index (χ0v) is 14.9. The Labute approximate surface area is 136 Å². The van der Waals surface area contributed by atoms with Crippen molar-refractivity contribution in [3.05, 3.63) is 0 Å². The molecule has 1 saturated heterocycles. The molecule has 2 nitrogen and oxygen atoms in total. The quantitative estimate of drug-likeness (QED) is 0.646. The molecule has 124 valence electrons. The normalized spacial score (nSPS) is 54.6. The Morgan fingerprint density at radius 3 is 2.55 bits per heavy atom. The number of amides is 1. The van der Waals surface area contributed by atoms with E-state index in [0.29, 0.717) is 22.8 Å². The average molecular weight is 303 g/mol. The van der Waals surface area contributed by atoms with Gasteiger partial charge in [0.1, 0.15) is 0 Å². The number of carbonyl (C=O) groups is 1. The molecule has 0 bridgehead atoms. The average Bonchev–Trinajstić information content (AvgIpc) is 2.79. The summed E-state index contributed by atoms with van der Waals surface area (Å²) in [6, 6.07) is 0.510. The van der Waals surface area contributed by atoms with Gasteiger partial charge < -0.3 is 4.90 Å². The first-order valence-corrected chi connectivity index (χ1v) is 9.62. The van der Waals surface area contributed by atoms with Crippen molar-refractivity contribution in [1.82, 2.24) is 4.90 Å². The van der Waals surface area contributed by atoms with Gasteiger partial charge in [-0.25, -0.2) is 0 Å². The van der Waals surface area contributed by atoms with Crippen LogP contribution >= 0.6 is 0 Å². The van der Waals surface area contributed by atoms with E-state index in [-0.39, 0.29) is 0 Å². The van der Waals surface area contributed by atoms with Gasteiger partial charge in [-0.2, -0.15) is 0 Å². The standard InChI is InChI=1S/C20H33NO/c1-13-7-10-19(2)11-8-15-14(18(13)19)5-6-16-20(15,3)12-9-17(22)21(16)4/h13-16,18H,5-12H2,1-4H3/t13-,14-,15+,16-,18+,19+,20-/m1/s1. The Kier molecular flexibility index (Phi) is 3.24. The van der Waals surface area contributed by atoms with Gasteiger partial charge >= 0.3 is 0 Å².